The van der Waals surface area contributed by atoms with Gasteiger partial charge in [0.15, 0.2) is 0 Å². The van der Waals surface area contributed by atoms with E-state index in [0.717, 1.165) is 0 Å². The topological polar surface area (TPSA) is 104 Å². The van der Waals surface area contributed by atoms with Crippen molar-refractivity contribution in [3.8, 4) is 0 Å². The summed E-state index contributed by atoms with van der Waals surface area (Å²) in [5, 5.41) is 2.91. The molecule has 0 spiro atoms. The molecule has 0 aromatic heterocycles. The van der Waals surface area contributed by atoms with E-state index >= 15 is 0 Å². The maximum Gasteiger partial charge on any atom is 0.262 e. The number of carbonyl (C=O) groups excluding carboxylic acids is 3. The maximum atomic E-state index is 12.7. The molecule has 1 aromatic carbocycles. The molecule has 1 aromatic rings. The molecule has 158 valence electrons. The van der Waals surface area contributed by atoms with Gasteiger partial charge in [0.2, 0.25) is 10.0 Å². The highest BCUT2D eigenvalue weighted by molar-refractivity contribution is 7.89. The van der Waals surface area contributed by atoms with Crippen LogP contribution in [0.4, 0.5) is 0 Å². The molecule has 1 fully saturated rings. The van der Waals surface area contributed by atoms with Gasteiger partial charge in [-0.2, -0.15) is 0 Å². The van der Waals surface area contributed by atoms with Crippen molar-refractivity contribution in [2.75, 3.05) is 18.8 Å². The number of hydrogen-bond acceptors (Lipinski definition) is 5. The van der Waals surface area contributed by atoms with Crippen LogP contribution in [0, 0.1) is 0 Å². The molecule has 1 saturated heterocycles. The lowest BCUT2D eigenvalue weighted by molar-refractivity contribution is 0.0507. The Kier molecular flexibility index (Phi) is 5.57. The summed E-state index contributed by atoms with van der Waals surface area (Å²) in [7, 11) is -3.21. The Morgan fingerprint density at radius 2 is 1.69 bits per heavy atom. The van der Waals surface area contributed by atoms with Crippen molar-refractivity contribution in [3.63, 3.8) is 0 Å². The molecule has 2 heterocycles. The molecule has 9 heteroatoms. The number of nitrogens with zero attached hydrogens (tertiary/aromatic N) is 2. The van der Waals surface area contributed by atoms with E-state index in [-0.39, 0.29) is 29.2 Å². The standard InChI is InChI=1S/C20H27N3O5S/c1-5-29(27,28)22-10-8-14(9-11-22)21-17(24)13-6-7-15-16(12-13)19(26)23(18(15)25)20(2,3)4/h6-7,12,14H,5,8-11H2,1-4H3,(H,21,24). The number of fused-ring (bicyclic) bond motifs is 1. The van der Waals surface area contributed by atoms with Crippen LogP contribution in [0.25, 0.3) is 0 Å². The lowest BCUT2D eigenvalue weighted by Gasteiger charge is -2.31. The Balaban J connectivity index is 1.70. The maximum absolute atomic E-state index is 12.7. The minimum absolute atomic E-state index is 0.0669. The zero-order valence-corrected chi connectivity index (χ0v) is 18.0. The van der Waals surface area contributed by atoms with Crippen LogP contribution in [0.5, 0.6) is 0 Å². The third-order valence-electron chi connectivity index (χ3n) is 5.37. The van der Waals surface area contributed by atoms with Crippen LogP contribution < -0.4 is 5.32 Å². The quantitative estimate of drug-likeness (QED) is 0.744. The second-order valence-electron chi connectivity index (χ2n) is 8.42. The molecular weight excluding hydrogens is 394 g/mol. The highest BCUT2D eigenvalue weighted by atomic mass is 32.2. The molecule has 3 amide bonds. The Labute approximate surface area is 171 Å². The van der Waals surface area contributed by atoms with Gasteiger partial charge in [-0.1, -0.05) is 0 Å². The van der Waals surface area contributed by atoms with Gasteiger partial charge in [0.1, 0.15) is 0 Å². The molecule has 0 atom stereocenters. The van der Waals surface area contributed by atoms with Gasteiger partial charge in [-0.15, -0.1) is 0 Å². The predicted octanol–water partition coefficient (Wildman–Crippen LogP) is 1.62. The predicted molar refractivity (Wildman–Crippen MR) is 108 cm³/mol. The SMILES string of the molecule is CCS(=O)(=O)N1CCC(NC(=O)c2ccc3c(c2)C(=O)N(C(C)(C)C)C3=O)CC1. The number of carbonyl (C=O) groups is 3. The first-order chi connectivity index (χ1) is 13.5. The van der Waals surface area contributed by atoms with E-state index in [9.17, 15) is 22.8 Å². The van der Waals surface area contributed by atoms with Crippen molar-refractivity contribution in [1.29, 1.82) is 0 Å². The Bertz CT molecular complexity index is 957. The normalized spacial score (nSPS) is 18.8. The van der Waals surface area contributed by atoms with Crippen LogP contribution in [-0.2, 0) is 10.0 Å². The molecule has 0 aliphatic carbocycles. The number of piperidine rings is 1. The number of sulfonamides is 1. The van der Waals surface area contributed by atoms with Crippen molar-refractivity contribution in [2.24, 2.45) is 0 Å². The fourth-order valence-corrected chi connectivity index (χ4v) is 4.85. The van der Waals surface area contributed by atoms with Gasteiger partial charge < -0.3 is 5.32 Å². The van der Waals surface area contributed by atoms with Crippen molar-refractivity contribution in [3.05, 3.63) is 34.9 Å². The lowest BCUT2D eigenvalue weighted by Crippen LogP contribution is -2.46. The molecule has 0 saturated carbocycles. The molecule has 3 rings (SSSR count). The average molecular weight is 422 g/mol. The molecule has 2 aliphatic rings. The third kappa shape index (κ3) is 4.06. The molecule has 0 bridgehead atoms. The highest BCUT2D eigenvalue weighted by Crippen LogP contribution is 2.30. The fraction of sp³-hybridized carbons (Fsp3) is 0.550. The number of hydrogen-bond donors (Lipinski definition) is 1. The Hall–Kier alpha value is -2.26. The largest absolute Gasteiger partial charge is 0.349 e. The van der Waals surface area contributed by atoms with E-state index in [0.29, 0.717) is 37.1 Å². The lowest BCUT2D eigenvalue weighted by atomic mass is 10.0. The van der Waals surface area contributed by atoms with Crippen LogP contribution >= 0.6 is 0 Å². The van der Waals surface area contributed by atoms with Crippen LogP contribution in [-0.4, -0.2) is 65.8 Å². The monoisotopic (exact) mass is 421 g/mol. The van der Waals surface area contributed by atoms with E-state index < -0.39 is 21.5 Å². The fourth-order valence-electron chi connectivity index (χ4n) is 3.72. The minimum Gasteiger partial charge on any atom is -0.349 e. The molecule has 0 unspecified atom stereocenters. The van der Waals surface area contributed by atoms with Crippen molar-refractivity contribution in [1.82, 2.24) is 14.5 Å². The zero-order valence-electron chi connectivity index (χ0n) is 17.2. The van der Waals surface area contributed by atoms with Crippen molar-refractivity contribution < 1.29 is 22.8 Å². The van der Waals surface area contributed by atoms with E-state index in [1.165, 1.54) is 21.3 Å². The Morgan fingerprint density at radius 3 is 2.24 bits per heavy atom. The molecular formula is C20H27N3O5S. The van der Waals surface area contributed by atoms with Gasteiger partial charge in [-0.25, -0.2) is 12.7 Å². The number of benzene rings is 1. The first-order valence-corrected chi connectivity index (χ1v) is 11.4. The molecule has 29 heavy (non-hydrogen) atoms. The summed E-state index contributed by atoms with van der Waals surface area (Å²) in [6.07, 6.45) is 1.07. The van der Waals surface area contributed by atoms with Crippen LogP contribution in [0.3, 0.4) is 0 Å². The van der Waals surface area contributed by atoms with Gasteiger partial charge in [0.25, 0.3) is 17.7 Å². The van der Waals surface area contributed by atoms with E-state index in [2.05, 4.69) is 5.32 Å². The number of rotatable bonds is 4. The summed E-state index contributed by atoms with van der Waals surface area (Å²) in [4.78, 5) is 39.1. The summed E-state index contributed by atoms with van der Waals surface area (Å²) in [5.41, 5.74) is 0.202. The van der Waals surface area contributed by atoms with Gasteiger partial charge >= 0.3 is 0 Å². The third-order valence-corrected chi connectivity index (χ3v) is 7.25. The number of imide groups is 1. The van der Waals surface area contributed by atoms with Crippen molar-refractivity contribution >= 4 is 27.7 Å². The highest BCUT2D eigenvalue weighted by Gasteiger charge is 2.42. The van der Waals surface area contributed by atoms with E-state index in [1.54, 1.807) is 33.8 Å². The van der Waals surface area contributed by atoms with Gasteiger partial charge in [-0.3, -0.25) is 19.3 Å². The van der Waals surface area contributed by atoms with Gasteiger partial charge in [0.05, 0.1) is 16.9 Å². The average Bonchev–Trinajstić information content (AvgIpc) is 2.92. The van der Waals surface area contributed by atoms with Crippen LogP contribution in [0.2, 0.25) is 0 Å². The van der Waals surface area contributed by atoms with Crippen molar-refractivity contribution in [2.45, 2.75) is 52.1 Å². The second kappa shape index (κ2) is 7.53. The van der Waals surface area contributed by atoms with E-state index in [1.807, 2.05) is 0 Å². The Morgan fingerprint density at radius 1 is 1.10 bits per heavy atom. The zero-order chi connectivity index (χ0) is 21.6. The van der Waals surface area contributed by atoms with Gasteiger partial charge in [0, 0.05) is 30.2 Å². The van der Waals surface area contributed by atoms with Crippen LogP contribution in [0.15, 0.2) is 18.2 Å². The molecule has 2 aliphatic heterocycles. The molecule has 0 radical (unpaired) electrons. The second-order valence-corrected chi connectivity index (χ2v) is 10.7. The molecule has 8 nitrogen and oxygen atoms in total. The smallest absolute Gasteiger partial charge is 0.262 e. The summed E-state index contributed by atoms with van der Waals surface area (Å²) in [5.74, 6) is -1.02. The molecule has 1 N–H and O–H groups in total. The van der Waals surface area contributed by atoms with E-state index in [4.69, 9.17) is 0 Å². The summed E-state index contributed by atoms with van der Waals surface area (Å²) < 4.78 is 25.3. The number of nitrogens with one attached hydrogen (secondary N) is 1. The summed E-state index contributed by atoms with van der Waals surface area (Å²) in [6.45, 7) is 7.72. The van der Waals surface area contributed by atoms with Gasteiger partial charge in [-0.05, 0) is 58.7 Å². The minimum atomic E-state index is -3.21. The van der Waals surface area contributed by atoms with Crippen LogP contribution in [0.1, 0.15) is 71.6 Å². The number of amides is 3. The first-order valence-electron chi connectivity index (χ1n) is 9.77. The summed E-state index contributed by atoms with van der Waals surface area (Å²) >= 11 is 0. The summed E-state index contributed by atoms with van der Waals surface area (Å²) in [6, 6.07) is 4.39. The first kappa shape index (κ1) is 21.4.